The average Bonchev–Trinajstić information content (AvgIpc) is 3.46. The number of rotatable bonds is 6. The highest BCUT2D eigenvalue weighted by atomic mass is 16.5. The van der Waals surface area contributed by atoms with Gasteiger partial charge in [-0.15, -0.1) is 0 Å². The topological polar surface area (TPSA) is 51.1 Å². The van der Waals surface area contributed by atoms with Crippen molar-refractivity contribution in [3.8, 4) is 5.88 Å². The first-order valence-electron chi connectivity index (χ1n) is 8.97. The molecule has 2 aliphatic rings. The Morgan fingerprint density at radius 1 is 1.29 bits per heavy atom. The Balaban J connectivity index is 1.45. The van der Waals surface area contributed by atoms with E-state index in [4.69, 9.17) is 9.72 Å². The van der Waals surface area contributed by atoms with E-state index in [1.54, 1.807) is 6.20 Å². The van der Waals surface area contributed by atoms with Crippen LogP contribution >= 0.6 is 0 Å². The second-order valence-electron chi connectivity index (χ2n) is 6.75. The molecule has 24 heavy (non-hydrogen) atoms. The van der Waals surface area contributed by atoms with Crippen LogP contribution in [-0.2, 0) is 19.5 Å². The quantitative estimate of drug-likeness (QED) is 0.817. The molecule has 1 fully saturated rings. The van der Waals surface area contributed by atoms with Gasteiger partial charge in [0.1, 0.15) is 5.82 Å². The van der Waals surface area contributed by atoms with Crippen LogP contribution in [0.3, 0.4) is 0 Å². The molecule has 0 unspecified atom stereocenters. The molecule has 5 nitrogen and oxygen atoms in total. The molecule has 0 N–H and O–H groups in total. The lowest BCUT2D eigenvalue weighted by molar-refractivity contribution is 0.233. The van der Waals surface area contributed by atoms with E-state index < -0.39 is 0 Å². The van der Waals surface area contributed by atoms with Crippen molar-refractivity contribution in [2.45, 2.75) is 51.6 Å². The normalized spacial score (nSPS) is 17.5. The number of ether oxygens (including phenoxy) is 1. The molecular formula is C19H24N4O. The highest BCUT2D eigenvalue weighted by Gasteiger charge is 2.28. The minimum Gasteiger partial charge on any atom is -0.477 e. The zero-order valence-corrected chi connectivity index (χ0v) is 14.2. The lowest BCUT2D eigenvalue weighted by Gasteiger charge is -2.28. The molecule has 0 aromatic carbocycles. The van der Waals surface area contributed by atoms with Crippen LogP contribution in [0.2, 0.25) is 0 Å². The minimum absolute atomic E-state index is 0.627. The number of pyridine rings is 1. The molecule has 126 valence electrons. The first-order chi connectivity index (χ1) is 11.8. The lowest BCUT2D eigenvalue weighted by atomic mass is 10.1. The monoisotopic (exact) mass is 324 g/mol. The van der Waals surface area contributed by atoms with Crippen molar-refractivity contribution in [1.82, 2.24) is 19.9 Å². The Kier molecular flexibility index (Phi) is 4.43. The van der Waals surface area contributed by atoms with Gasteiger partial charge in [0.15, 0.2) is 0 Å². The van der Waals surface area contributed by atoms with E-state index in [0.29, 0.717) is 12.5 Å². The highest BCUT2D eigenvalue weighted by molar-refractivity contribution is 5.27. The van der Waals surface area contributed by atoms with Crippen LogP contribution in [0.15, 0.2) is 24.5 Å². The highest BCUT2D eigenvalue weighted by Crippen LogP contribution is 2.38. The summed E-state index contributed by atoms with van der Waals surface area (Å²) in [4.78, 5) is 16.2. The van der Waals surface area contributed by atoms with Crippen molar-refractivity contribution in [3.63, 3.8) is 0 Å². The van der Waals surface area contributed by atoms with E-state index in [9.17, 15) is 0 Å². The molecule has 4 rings (SSSR count). The summed E-state index contributed by atoms with van der Waals surface area (Å²) in [5.74, 6) is 2.46. The molecule has 1 aliphatic carbocycles. The van der Waals surface area contributed by atoms with E-state index in [1.807, 2.05) is 12.3 Å². The van der Waals surface area contributed by atoms with E-state index in [0.717, 1.165) is 49.7 Å². The molecule has 0 radical (unpaired) electrons. The van der Waals surface area contributed by atoms with Gasteiger partial charge in [0.25, 0.3) is 0 Å². The van der Waals surface area contributed by atoms with Crippen LogP contribution in [0.1, 0.15) is 54.7 Å². The van der Waals surface area contributed by atoms with Crippen LogP contribution in [0, 0.1) is 0 Å². The van der Waals surface area contributed by atoms with E-state index in [-0.39, 0.29) is 0 Å². The number of hydrogen-bond acceptors (Lipinski definition) is 5. The zero-order chi connectivity index (χ0) is 16.4. The van der Waals surface area contributed by atoms with Gasteiger partial charge in [-0.1, -0.05) is 13.0 Å². The third-order valence-electron chi connectivity index (χ3n) is 4.66. The van der Waals surface area contributed by atoms with Gasteiger partial charge in [-0.05, 0) is 25.3 Å². The lowest BCUT2D eigenvalue weighted by Crippen LogP contribution is -2.31. The van der Waals surface area contributed by atoms with Gasteiger partial charge in [0.2, 0.25) is 5.88 Å². The Bertz CT molecular complexity index is 714. The summed E-state index contributed by atoms with van der Waals surface area (Å²) in [6.45, 7) is 5.61. The summed E-state index contributed by atoms with van der Waals surface area (Å²) in [6, 6.07) is 4.09. The maximum absolute atomic E-state index is 5.78. The summed E-state index contributed by atoms with van der Waals surface area (Å²) in [5, 5.41) is 0. The molecule has 0 amide bonds. The second kappa shape index (κ2) is 6.85. The van der Waals surface area contributed by atoms with Crippen molar-refractivity contribution in [2.24, 2.45) is 0 Å². The summed E-state index contributed by atoms with van der Waals surface area (Å²) in [6.07, 6.45) is 8.35. The van der Waals surface area contributed by atoms with Crippen molar-refractivity contribution in [2.75, 3.05) is 13.2 Å². The molecule has 5 heteroatoms. The summed E-state index contributed by atoms with van der Waals surface area (Å²) in [7, 11) is 0. The van der Waals surface area contributed by atoms with E-state index in [1.165, 1.54) is 24.1 Å². The van der Waals surface area contributed by atoms with Gasteiger partial charge < -0.3 is 4.74 Å². The van der Waals surface area contributed by atoms with Gasteiger partial charge in [0, 0.05) is 61.2 Å². The van der Waals surface area contributed by atoms with Gasteiger partial charge >= 0.3 is 0 Å². The van der Waals surface area contributed by atoms with Gasteiger partial charge in [-0.2, -0.15) is 0 Å². The second-order valence-corrected chi connectivity index (χ2v) is 6.75. The molecule has 2 aromatic heterocycles. The van der Waals surface area contributed by atoms with Crippen LogP contribution < -0.4 is 4.74 Å². The van der Waals surface area contributed by atoms with Gasteiger partial charge in [-0.25, -0.2) is 15.0 Å². The molecule has 0 atom stereocenters. The smallest absolute Gasteiger partial charge is 0.217 e. The first kappa shape index (κ1) is 15.5. The number of hydrogen-bond donors (Lipinski definition) is 0. The Labute approximate surface area is 143 Å². The van der Waals surface area contributed by atoms with Crippen molar-refractivity contribution < 1.29 is 4.74 Å². The maximum Gasteiger partial charge on any atom is 0.217 e. The Hall–Kier alpha value is -2.01. The molecule has 3 heterocycles. The van der Waals surface area contributed by atoms with E-state index >= 15 is 0 Å². The van der Waals surface area contributed by atoms with Crippen LogP contribution in [-0.4, -0.2) is 33.0 Å². The van der Waals surface area contributed by atoms with Crippen LogP contribution in [0.4, 0.5) is 0 Å². The fourth-order valence-corrected chi connectivity index (χ4v) is 3.18. The Morgan fingerprint density at radius 2 is 2.21 bits per heavy atom. The third-order valence-corrected chi connectivity index (χ3v) is 4.66. The van der Waals surface area contributed by atoms with Gasteiger partial charge in [-0.3, -0.25) is 4.90 Å². The molecular weight excluding hydrogens is 300 g/mol. The maximum atomic E-state index is 5.78. The van der Waals surface area contributed by atoms with Crippen LogP contribution in [0.25, 0.3) is 0 Å². The molecule has 2 aromatic rings. The molecule has 0 saturated heterocycles. The van der Waals surface area contributed by atoms with E-state index in [2.05, 4.69) is 27.9 Å². The van der Waals surface area contributed by atoms with Crippen molar-refractivity contribution >= 4 is 0 Å². The minimum atomic E-state index is 0.627. The van der Waals surface area contributed by atoms with Crippen LogP contribution in [0.5, 0.6) is 5.88 Å². The van der Waals surface area contributed by atoms with Crippen molar-refractivity contribution in [1.29, 1.82) is 0 Å². The number of fused-ring (bicyclic) bond motifs is 1. The summed E-state index contributed by atoms with van der Waals surface area (Å²) >= 11 is 0. The molecule has 0 spiro atoms. The molecule has 1 saturated carbocycles. The fraction of sp³-hybridized carbons (Fsp3) is 0.526. The zero-order valence-electron chi connectivity index (χ0n) is 14.2. The Morgan fingerprint density at radius 3 is 3.04 bits per heavy atom. The standard InChI is InChI=1S/C19H24N4O/c1-2-10-24-19-15(4-3-8-20-19)12-23-9-7-17-16(13-23)11-21-18(22-17)14-5-6-14/h3-4,8,11,14H,2,5-7,9-10,12-13H2,1H3. The summed E-state index contributed by atoms with van der Waals surface area (Å²) in [5.41, 5.74) is 3.67. The van der Waals surface area contributed by atoms with Gasteiger partial charge in [0.05, 0.1) is 6.61 Å². The summed E-state index contributed by atoms with van der Waals surface area (Å²) < 4.78 is 5.78. The molecule has 0 bridgehead atoms. The average molecular weight is 324 g/mol. The molecule has 1 aliphatic heterocycles. The van der Waals surface area contributed by atoms with Crippen molar-refractivity contribution in [3.05, 3.63) is 47.2 Å². The predicted molar refractivity (Wildman–Crippen MR) is 91.8 cm³/mol. The first-order valence-corrected chi connectivity index (χ1v) is 8.97. The SMILES string of the molecule is CCCOc1ncccc1CN1CCc2nc(C3CC3)ncc2C1. The largest absolute Gasteiger partial charge is 0.477 e. The number of aromatic nitrogens is 3. The number of nitrogens with zero attached hydrogens (tertiary/aromatic N) is 4. The predicted octanol–water partition coefficient (Wildman–Crippen LogP) is 3.10. The third kappa shape index (κ3) is 3.41. The fourth-order valence-electron chi connectivity index (χ4n) is 3.18.